The molecule has 1 nitrogen and oxygen atoms in total. The number of ether oxygens (including phenoxy) is 1. The molecular formula is C22H44O. The number of unbranched alkanes of at least 4 members (excludes halogenated alkanes) is 6. The number of rotatable bonds is 14. The second kappa shape index (κ2) is 10.7. The molecule has 0 saturated carbocycles. The predicted molar refractivity (Wildman–Crippen MR) is 103 cm³/mol. The zero-order valence-corrected chi connectivity index (χ0v) is 16.9. The lowest BCUT2D eigenvalue weighted by Crippen LogP contribution is -2.36. The molecule has 0 aromatic heterocycles. The topological polar surface area (TPSA) is 12.5 Å². The molecule has 0 amide bonds. The lowest BCUT2D eigenvalue weighted by molar-refractivity contribution is 0.0447. The van der Waals surface area contributed by atoms with Crippen LogP contribution in [0.5, 0.6) is 0 Å². The van der Waals surface area contributed by atoms with Gasteiger partial charge in [-0.1, -0.05) is 92.4 Å². The van der Waals surface area contributed by atoms with Crippen LogP contribution >= 0.6 is 0 Å². The Kier molecular flexibility index (Phi) is 9.82. The quantitative estimate of drug-likeness (QED) is 0.237. The molecule has 1 aliphatic heterocycles. The molecule has 0 aromatic rings. The van der Waals surface area contributed by atoms with Crippen molar-refractivity contribution in [2.75, 3.05) is 6.61 Å². The lowest BCUT2D eigenvalue weighted by Gasteiger charge is -2.46. The van der Waals surface area contributed by atoms with Gasteiger partial charge in [0.15, 0.2) is 0 Å². The van der Waals surface area contributed by atoms with Crippen LogP contribution in [0.4, 0.5) is 0 Å². The maximum absolute atomic E-state index is 5.37. The van der Waals surface area contributed by atoms with Crippen LogP contribution in [0.1, 0.15) is 118 Å². The Balaban J connectivity index is 2.43. The Morgan fingerprint density at radius 1 is 0.739 bits per heavy atom. The summed E-state index contributed by atoms with van der Waals surface area (Å²) in [4.78, 5) is 0. The molecule has 0 bridgehead atoms. The van der Waals surface area contributed by atoms with Gasteiger partial charge in [-0.05, 0) is 36.5 Å². The molecular weight excluding hydrogens is 280 g/mol. The molecule has 0 aliphatic carbocycles. The van der Waals surface area contributed by atoms with Gasteiger partial charge >= 0.3 is 0 Å². The molecule has 138 valence electrons. The molecule has 2 unspecified atom stereocenters. The zero-order chi connectivity index (χ0) is 17.2. The first kappa shape index (κ1) is 21.0. The van der Waals surface area contributed by atoms with Crippen molar-refractivity contribution >= 4 is 0 Å². The van der Waals surface area contributed by atoms with E-state index >= 15 is 0 Å². The number of hydrogen-bond acceptors (Lipinski definition) is 1. The molecule has 1 fully saturated rings. The Morgan fingerprint density at radius 2 is 1.30 bits per heavy atom. The van der Waals surface area contributed by atoms with Gasteiger partial charge in [-0.25, -0.2) is 0 Å². The Labute approximate surface area is 147 Å². The summed E-state index contributed by atoms with van der Waals surface area (Å²) in [6.45, 7) is 13.2. The van der Waals surface area contributed by atoms with E-state index in [4.69, 9.17) is 4.74 Å². The largest absolute Gasteiger partial charge is 0.373 e. The summed E-state index contributed by atoms with van der Waals surface area (Å²) in [5.74, 6) is 0. The Hall–Kier alpha value is -0.0400. The van der Waals surface area contributed by atoms with Crippen LogP contribution in [0.3, 0.4) is 0 Å². The highest BCUT2D eigenvalue weighted by Crippen LogP contribution is 2.50. The monoisotopic (exact) mass is 324 g/mol. The number of epoxide rings is 1. The van der Waals surface area contributed by atoms with Gasteiger partial charge in [0.1, 0.15) is 0 Å². The molecule has 0 radical (unpaired) electrons. The smallest absolute Gasteiger partial charge is 0.0810 e. The molecule has 1 saturated heterocycles. The summed E-state index contributed by atoms with van der Waals surface area (Å²) in [5.41, 5.74) is 0.986. The van der Waals surface area contributed by atoms with Crippen molar-refractivity contribution < 1.29 is 4.74 Å². The van der Waals surface area contributed by atoms with Gasteiger partial charge in [-0.3, -0.25) is 0 Å². The van der Waals surface area contributed by atoms with E-state index < -0.39 is 0 Å². The Bertz CT molecular complexity index is 287. The van der Waals surface area contributed by atoms with Gasteiger partial charge in [0.2, 0.25) is 0 Å². The fraction of sp³-hybridized carbons (Fsp3) is 1.00. The van der Waals surface area contributed by atoms with E-state index in [1.165, 1.54) is 83.5 Å². The number of hydrogen-bond donors (Lipinski definition) is 0. The van der Waals surface area contributed by atoms with Crippen molar-refractivity contribution in [3.05, 3.63) is 0 Å². The van der Waals surface area contributed by atoms with Gasteiger partial charge in [0.25, 0.3) is 0 Å². The van der Waals surface area contributed by atoms with E-state index in [2.05, 4.69) is 34.6 Å². The van der Waals surface area contributed by atoms with E-state index in [0.29, 0.717) is 16.9 Å². The zero-order valence-electron chi connectivity index (χ0n) is 16.9. The van der Waals surface area contributed by atoms with E-state index in [9.17, 15) is 0 Å². The van der Waals surface area contributed by atoms with Crippen LogP contribution in [0.15, 0.2) is 0 Å². The van der Waals surface area contributed by atoms with E-state index in [1.54, 1.807) is 0 Å². The SMILES string of the molecule is CCCCCCCCC(CCC)(CCCCC1CO1)C(C)(C)C. The van der Waals surface area contributed by atoms with Gasteiger partial charge < -0.3 is 4.74 Å². The highest BCUT2D eigenvalue weighted by atomic mass is 16.6. The normalized spacial score (nSPS) is 20.5. The predicted octanol–water partition coefficient (Wildman–Crippen LogP) is 7.53. The summed E-state index contributed by atoms with van der Waals surface area (Å²) < 4.78 is 5.37. The standard InChI is InChI=1S/C22H44O/c1-6-8-9-10-11-13-17-22(16-7-2,21(3,4)5)18-14-12-15-20-19-23-20/h20H,6-19H2,1-5H3. The summed E-state index contributed by atoms with van der Waals surface area (Å²) in [5, 5.41) is 0. The van der Waals surface area contributed by atoms with Crippen LogP contribution in [0.2, 0.25) is 0 Å². The molecule has 23 heavy (non-hydrogen) atoms. The van der Waals surface area contributed by atoms with Gasteiger partial charge in [-0.2, -0.15) is 0 Å². The van der Waals surface area contributed by atoms with Gasteiger partial charge in [-0.15, -0.1) is 0 Å². The van der Waals surface area contributed by atoms with Crippen molar-refractivity contribution in [1.82, 2.24) is 0 Å². The van der Waals surface area contributed by atoms with Crippen molar-refractivity contribution in [2.45, 2.75) is 124 Å². The van der Waals surface area contributed by atoms with Crippen molar-refractivity contribution in [3.8, 4) is 0 Å². The molecule has 1 heterocycles. The third kappa shape index (κ3) is 8.05. The second-order valence-electron chi connectivity index (χ2n) is 9.00. The van der Waals surface area contributed by atoms with Gasteiger partial charge in [0.05, 0.1) is 12.7 Å². The highest BCUT2D eigenvalue weighted by molar-refractivity contribution is 4.90. The van der Waals surface area contributed by atoms with Crippen molar-refractivity contribution in [2.24, 2.45) is 10.8 Å². The molecule has 0 N–H and O–H groups in total. The maximum atomic E-state index is 5.37. The summed E-state index contributed by atoms with van der Waals surface area (Å²) in [6, 6.07) is 0. The van der Waals surface area contributed by atoms with Crippen molar-refractivity contribution in [1.29, 1.82) is 0 Å². The van der Waals surface area contributed by atoms with E-state index in [1.807, 2.05) is 0 Å². The average molecular weight is 325 g/mol. The second-order valence-corrected chi connectivity index (χ2v) is 9.00. The summed E-state index contributed by atoms with van der Waals surface area (Å²) in [7, 11) is 0. The molecule has 2 atom stereocenters. The van der Waals surface area contributed by atoms with E-state index in [-0.39, 0.29) is 0 Å². The summed E-state index contributed by atoms with van der Waals surface area (Å²) >= 11 is 0. The molecule has 0 aromatic carbocycles. The lowest BCUT2D eigenvalue weighted by atomic mass is 9.59. The minimum Gasteiger partial charge on any atom is -0.373 e. The molecule has 1 heteroatoms. The minimum absolute atomic E-state index is 0.433. The fourth-order valence-corrected chi connectivity index (χ4v) is 4.29. The van der Waals surface area contributed by atoms with Crippen LogP contribution < -0.4 is 0 Å². The van der Waals surface area contributed by atoms with Crippen LogP contribution in [-0.2, 0) is 4.74 Å². The van der Waals surface area contributed by atoms with Crippen molar-refractivity contribution in [3.63, 3.8) is 0 Å². The fourth-order valence-electron chi connectivity index (χ4n) is 4.29. The molecule has 1 aliphatic rings. The van der Waals surface area contributed by atoms with Crippen LogP contribution in [-0.4, -0.2) is 12.7 Å². The molecule has 0 spiro atoms. The average Bonchev–Trinajstić information content (AvgIpc) is 3.30. The molecule has 1 rings (SSSR count). The third-order valence-corrected chi connectivity index (χ3v) is 6.16. The van der Waals surface area contributed by atoms with Gasteiger partial charge in [0, 0.05) is 0 Å². The van der Waals surface area contributed by atoms with E-state index in [0.717, 1.165) is 6.61 Å². The first-order chi connectivity index (χ1) is 10.9. The Morgan fingerprint density at radius 3 is 1.83 bits per heavy atom. The maximum Gasteiger partial charge on any atom is 0.0810 e. The van der Waals surface area contributed by atoms with Crippen LogP contribution in [0, 0.1) is 10.8 Å². The first-order valence-electron chi connectivity index (χ1n) is 10.6. The highest BCUT2D eigenvalue weighted by Gasteiger charge is 2.39. The summed E-state index contributed by atoms with van der Waals surface area (Å²) in [6.07, 6.45) is 18.8. The minimum atomic E-state index is 0.433. The first-order valence-corrected chi connectivity index (χ1v) is 10.6. The third-order valence-electron chi connectivity index (χ3n) is 6.16. The van der Waals surface area contributed by atoms with Crippen LogP contribution in [0.25, 0.3) is 0 Å².